The number of hydrogen-bond acceptors (Lipinski definition) is 3. The van der Waals surface area contributed by atoms with Gasteiger partial charge in [-0.15, -0.1) is 0 Å². The molecule has 0 atom stereocenters. The zero-order valence-corrected chi connectivity index (χ0v) is 10.1. The van der Waals surface area contributed by atoms with Crippen LogP contribution in [0.15, 0.2) is 11.1 Å². The molecular formula is C11H19NO4. The lowest BCUT2D eigenvalue weighted by atomic mass is 10.1. The summed E-state index contributed by atoms with van der Waals surface area (Å²) in [6, 6.07) is -0.0730. The van der Waals surface area contributed by atoms with Gasteiger partial charge < -0.3 is 15.1 Å². The van der Waals surface area contributed by atoms with Gasteiger partial charge in [-0.2, -0.15) is 0 Å². The first kappa shape index (κ1) is 14.6. The maximum absolute atomic E-state index is 11.9. The van der Waals surface area contributed by atoms with Crippen molar-refractivity contribution >= 4 is 11.9 Å². The third kappa shape index (κ3) is 3.66. The smallest absolute Gasteiger partial charge is 0.331 e. The molecule has 0 unspecified atom stereocenters. The van der Waals surface area contributed by atoms with Crippen LogP contribution in [-0.4, -0.2) is 46.2 Å². The van der Waals surface area contributed by atoms with Crippen LogP contribution in [0.3, 0.4) is 0 Å². The van der Waals surface area contributed by atoms with Gasteiger partial charge in [0.05, 0.1) is 6.61 Å². The first-order valence-corrected chi connectivity index (χ1v) is 5.15. The van der Waals surface area contributed by atoms with Crippen LogP contribution in [0.2, 0.25) is 0 Å². The number of aliphatic hydroxyl groups is 1. The van der Waals surface area contributed by atoms with Crippen LogP contribution in [-0.2, 0) is 9.59 Å². The van der Waals surface area contributed by atoms with E-state index in [1.165, 1.54) is 18.7 Å². The van der Waals surface area contributed by atoms with Crippen LogP contribution in [0, 0.1) is 0 Å². The van der Waals surface area contributed by atoms with Crippen molar-refractivity contribution in [1.82, 2.24) is 4.90 Å². The summed E-state index contributed by atoms with van der Waals surface area (Å²) in [5.74, 6) is -1.44. The van der Waals surface area contributed by atoms with Crippen LogP contribution in [0.4, 0.5) is 0 Å². The Bertz CT molecular complexity index is 307. The lowest BCUT2D eigenvalue weighted by molar-refractivity contribution is -0.134. The third-order valence-electron chi connectivity index (χ3n) is 2.43. The fraction of sp³-hybridized carbons (Fsp3) is 0.636. The molecule has 0 bridgehead atoms. The van der Waals surface area contributed by atoms with E-state index in [1.807, 2.05) is 13.8 Å². The molecule has 0 saturated carbocycles. The summed E-state index contributed by atoms with van der Waals surface area (Å²) < 4.78 is 0. The summed E-state index contributed by atoms with van der Waals surface area (Å²) in [7, 11) is 0. The van der Waals surface area contributed by atoms with Crippen LogP contribution in [0.5, 0.6) is 0 Å². The van der Waals surface area contributed by atoms with Crippen molar-refractivity contribution < 1.29 is 19.8 Å². The highest BCUT2D eigenvalue weighted by Crippen LogP contribution is 2.10. The molecular weight excluding hydrogens is 210 g/mol. The van der Waals surface area contributed by atoms with Crippen molar-refractivity contribution in [3.05, 3.63) is 11.1 Å². The third-order valence-corrected chi connectivity index (χ3v) is 2.43. The molecule has 0 radical (unpaired) electrons. The van der Waals surface area contributed by atoms with Crippen molar-refractivity contribution in [3.8, 4) is 0 Å². The highest BCUT2D eigenvalue weighted by Gasteiger charge is 2.20. The molecule has 2 N–H and O–H groups in total. The second-order valence-corrected chi connectivity index (χ2v) is 3.87. The molecule has 0 aromatic heterocycles. The van der Waals surface area contributed by atoms with E-state index in [1.54, 1.807) is 0 Å². The Labute approximate surface area is 95.4 Å². The molecule has 0 heterocycles. The van der Waals surface area contributed by atoms with Crippen molar-refractivity contribution in [2.24, 2.45) is 0 Å². The Morgan fingerprint density at radius 2 is 1.69 bits per heavy atom. The van der Waals surface area contributed by atoms with Crippen LogP contribution in [0.25, 0.3) is 0 Å². The van der Waals surface area contributed by atoms with Crippen molar-refractivity contribution in [1.29, 1.82) is 0 Å². The average Bonchev–Trinajstić information content (AvgIpc) is 2.22. The van der Waals surface area contributed by atoms with E-state index in [0.29, 0.717) is 0 Å². The number of carbonyl (C=O) groups is 2. The van der Waals surface area contributed by atoms with Gasteiger partial charge in [0.2, 0.25) is 5.91 Å². The van der Waals surface area contributed by atoms with Crippen molar-refractivity contribution in [2.45, 2.75) is 33.7 Å². The van der Waals surface area contributed by atoms with E-state index < -0.39 is 5.97 Å². The standard InChI is InChI=1S/C11H19NO4/c1-7(2)12(5-6-13)10(14)8(3)9(4)11(15)16/h7,13H,5-6H2,1-4H3,(H,15,16). The van der Waals surface area contributed by atoms with Crippen LogP contribution in [0.1, 0.15) is 27.7 Å². The molecule has 16 heavy (non-hydrogen) atoms. The zero-order valence-electron chi connectivity index (χ0n) is 10.1. The Morgan fingerprint density at radius 1 is 1.19 bits per heavy atom. The lowest BCUT2D eigenvalue weighted by Crippen LogP contribution is -2.39. The number of aliphatic hydroxyl groups excluding tert-OH is 1. The van der Waals surface area contributed by atoms with Gasteiger partial charge in [-0.05, 0) is 27.7 Å². The monoisotopic (exact) mass is 229 g/mol. The molecule has 0 fully saturated rings. The Balaban J connectivity index is 5.01. The molecule has 0 spiro atoms. The molecule has 0 aliphatic rings. The highest BCUT2D eigenvalue weighted by atomic mass is 16.4. The van der Waals surface area contributed by atoms with Gasteiger partial charge in [0.1, 0.15) is 0 Å². The van der Waals surface area contributed by atoms with E-state index in [-0.39, 0.29) is 36.2 Å². The second kappa shape index (κ2) is 6.27. The molecule has 5 nitrogen and oxygen atoms in total. The highest BCUT2D eigenvalue weighted by molar-refractivity contribution is 6.01. The van der Waals surface area contributed by atoms with Gasteiger partial charge in [0, 0.05) is 23.7 Å². The van der Waals surface area contributed by atoms with Gasteiger partial charge in [-0.25, -0.2) is 4.79 Å². The van der Waals surface area contributed by atoms with E-state index in [4.69, 9.17) is 10.2 Å². The number of carboxylic acids is 1. The topological polar surface area (TPSA) is 77.8 Å². The largest absolute Gasteiger partial charge is 0.478 e. The van der Waals surface area contributed by atoms with Crippen molar-refractivity contribution in [3.63, 3.8) is 0 Å². The predicted molar refractivity (Wildman–Crippen MR) is 59.9 cm³/mol. The summed E-state index contributed by atoms with van der Waals surface area (Å²) in [4.78, 5) is 24.1. The van der Waals surface area contributed by atoms with Gasteiger partial charge in [-0.3, -0.25) is 4.79 Å². The van der Waals surface area contributed by atoms with Crippen LogP contribution >= 0.6 is 0 Å². The van der Waals surface area contributed by atoms with E-state index >= 15 is 0 Å². The summed E-state index contributed by atoms with van der Waals surface area (Å²) in [5.41, 5.74) is 0.239. The second-order valence-electron chi connectivity index (χ2n) is 3.87. The van der Waals surface area contributed by atoms with Gasteiger partial charge in [0.15, 0.2) is 0 Å². The number of nitrogens with zero attached hydrogens (tertiary/aromatic N) is 1. The minimum absolute atomic E-state index is 0.0357. The first-order valence-electron chi connectivity index (χ1n) is 5.15. The van der Waals surface area contributed by atoms with Gasteiger partial charge in [0.25, 0.3) is 0 Å². The van der Waals surface area contributed by atoms with Crippen LogP contribution < -0.4 is 0 Å². The summed E-state index contributed by atoms with van der Waals surface area (Å²) >= 11 is 0. The molecule has 0 aromatic rings. The lowest BCUT2D eigenvalue weighted by Gasteiger charge is -2.26. The van der Waals surface area contributed by atoms with Gasteiger partial charge in [-0.1, -0.05) is 0 Å². The fourth-order valence-electron chi connectivity index (χ4n) is 1.24. The number of rotatable bonds is 5. The molecule has 0 rings (SSSR count). The maximum atomic E-state index is 11.9. The maximum Gasteiger partial charge on any atom is 0.331 e. The first-order chi connectivity index (χ1) is 7.32. The van der Waals surface area contributed by atoms with Crippen molar-refractivity contribution in [2.75, 3.05) is 13.2 Å². The SMILES string of the molecule is CC(C(=O)O)=C(C)C(=O)N(CCO)C(C)C. The molecule has 5 heteroatoms. The minimum atomic E-state index is -1.10. The number of carboxylic acid groups (broad SMARTS) is 1. The average molecular weight is 229 g/mol. The summed E-state index contributed by atoms with van der Waals surface area (Å²) in [5, 5.41) is 17.6. The minimum Gasteiger partial charge on any atom is -0.478 e. The number of aliphatic carboxylic acids is 1. The quantitative estimate of drug-likeness (QED) is 0.678. The molecule has 92 valence electrons. The van der Waals surface area contributed by atoms with E-state index in [2.05, 4.69) is 0 Å². The normalized spacial score (nSPS) is 12.4. The molecule has 0 aliphatic carbocycles. The fourth-order valence-corrected chi connectivity index (χ4v) is 1.24. The summed E-state index contributed by atoms with van der Waals surface area (Å²) in [6.07, 6.45) is 0. The molecule has 1 amide bonds. The van der Waals surface area contributed by atoms with E-state index in [0.717, 1.165) is 0 Å². The molecule has 0 aromatic carbocycles. The summed E-state index contributed by atoms with van der Waals surface area (Å²) in [6.45, 7) is 6.59. The Hall–Kier alpha value is -1.36. The number of amides is 1. The van der Waals surface area contributed by atoms with Gasteiger partial charge >= 0.3 is 5.97 Å². The number of carbonyl (C=O) groups excluding carboxylic acids is 1. The molecule has 0 saturated heterocycles. The zero-order chi connectivity index (χ0) is 12.9. The predicted octanol–water partition coefficient (Wildman–Crippen LogP) is 0.637. The molecule has 0 aliphatic heterocycles. The Kier molecular flexibility index (Phi) is 5.74. The Morgan fingerprint density at radius 3 is 2.00 bits per heavy atom. The number of hydrogen-bond donors (Lipinski definition) is 2. The van der Waals surface area contributed by atoms with E-state index in [9.17, 15) is 9.59 Å².